The van der Waals surface area contributed by atoms with Crippen LogP contribution in [0.2, 0.25) is 0 Å². The van der Waals surface area contributed by atoms with Crippen LogP contribution >= 0.6 is 0 Å². The Morgan fingerprint density at radius 3 is 2.16 bits per heavy atom. The molecule has 0 aliphatic carbocycles. The Morgan fingerprint density at radius 1 is 0.920 bits per heavy atom. The first-order valence-electron chi connectivity index (χ1n) is 8.67. The van der Waals surface area contributed by atoms with Crippen LogP contribution < -0.4 is 4.90 Å². The van der Waals surface area contributed by atoms with Gasteiger partial charge in [0.25, 0.3) is 5.91 Å². The highest BCUT2D eigenvalue weighted by Gasteiger charge is 2.23. The molecule has 1 heterocycles. The number of aldehydes is 1. The molecule has 0 atom stereocenters. The van der Waals surface area contributed by atoms with Gasteiger partial charge in [0.2, 0.25) is 0 Å². The maximum atomic E-state index is 12.6. The lowest BCUT2D eigenvalue weighted by Gasteiger charge is -2.37. The lowest BCUT2D eigenvalue weighted by molar-refractivity contribution is 0.0746. The second kappa shape index (κ2) is 7.09. The van der Waals surface area contributed by atoms with Gasteiger partial charge < -0.3 is 9.80 Å². The van der Waals surface area contributed by atoms with Crippen molar-refractivity contribution in [1.82, 2.24) is 4.90 Å². The quantitative estimate of drug-likeness (QED) is 0.807. The summed E-state index contributed by atoms with van der Waals surface area (Å²) in [5.74, 6) is 0.101. The van der Waals surface area contributed by atoms with Crippen LogP contribution in [0.5, 0.6) is 0 Å². The van der Waals surface area contributed by atoms with Gasteiger partial charge in [0.1, 0.15) is 6.29 Å². The van der Waals surface area contributed by atoms with Gasteiger partial charge in [-0.25, -0.2) is 0 Å². The second-order valence-electron chi connectivity index (χ2n) is 6.76. The first-order chi connectivity index (χ1) is 12.0. The van der Waals surface area contributed by atoms with Crippen LogP contribution in [0.1, 0.15) is 37.4 Å². The first kappa shape index (κ1) is 17.2. The number of hydrogen-bond donors (Lipinski definition) is 0. The Labute approximate surface area is 149 Å². The Hall–Kier alpha value is -2.62. The molecule has 1 saturated heterocycles. The smallest absolute Gasteiger partial charge is 0.253 e. The van der Waals surface area contributed by atoms with E-state index in [4.69, 9.17) is 0 Å². The van der Waals surface area contributed by atoms with Crippen molar-refractivity contribution >= 4 is 17.9 Å². The van der Waals surface area contributed by atoms with Crippen molar-refractivity contribution in [3.05, 3.63) is 64.2 Å². The summed E-state index contributed by atoms with van der Waals surface area (Å²) in [5.41, 5.74) is 5.91. The Balaban J connectivity index is 1.69. The van der Waals surface area contributed by atoms with Crippen molar-refractivity contribution < 1.29 is 9.59 Å². The zero-order chi connectivity index (χ0) is 18.0. The molecule has 2 aromatic carbocycles. The summed E-state index contributed by atoms with van der Waals surface area (Å²) >= 11 is 0. The first-order valence-corrected chi connectivity index (χ1v) is 8.67. The van der Waals surface area contributed by atoms with Crippen molar-refractivity contribution in [3.8, 4) is 0 Å². The molecule has 1 aliphatic heterocycles. The van der Waals surface area contributed by atoms with E-state index < -0.39 is 0 Å². The minimum absolute atomic E-state index is 0.101. The average Bonchev–Trinajstić information content (AvgIpc) is 2.63. The molecule has 4 nitrogen and oxygen atoms in total. The third-order valence-electron chi connectivity index (χ3n) is 4.92. The van der Waals surface area contributed by atoms with Gasteiger partial charge in [0.05, 0.1) is 0 Å². The minimum Gasteiger partial charge on any atom is -0.368 e. The molecule has 0 spiro atoms. The van der Waals surface area contributed by atoms with Gasteiger partial charge in [-0.05, 0) is 56.2 Å². The lowest BCUT2D eigenvalue weighted by Crippen LogP contribution is -2.49. The van der Waals surface area contributed by atoms with Gasteiger partial charge in [0.15, 0.2) is 0 Å². The predicted molar refractivity (Wildman–Crippen MR) is 101 cm³/mol. The zero-order valence-electron chi connectivity index (χ0n) is 15.1. The van der Waals surface area contributed by atoms with E-state index in [2.05, 4.69) is 11.0 Å². The van der Waals surface area contributed by atoms with Crippen LogP contribution in [0.4, 0.5) is 5.69 Å². The topological polar surface area (TPSA) is 40.6 Å². The van der Waals surface area contributed by atoms with E-state index >= 15 is 0 Å². The van der Waals surface area contributed by atoms with Crippen LogP contribution in [-0.4, -0.2) is 43.3 Å². The molecule has 0 unspecified atom stereocenters. The molecule has 25 heavy (non-hydrogen) atoms. The third kappa shape index (κ3) is 3.58. The summed E-state index contributed by atoms with van der Waals surface area (Å²) in [6, 6.07) is 11.8. The second-order valence-corrected chi connectivity index (χ2v) is 6.76. The van der Waals surface area contributed by atoms with Crippen molar-refractivity contribution in [3.63, 3.8) is 0 Å². The van der Waals surface area contributed by atoms with E-state index in [-0.39, 0.29) is 5.91 Å². The molecule has 0 bridgehead atoms. The summed E-state index contributed by atoms with van der Waals surface area (Å²) in [6.45, 7) is 9.04. The fourth-order valence-corrected chi connectivity index (χ4v) is 3.32. The molecule has 2 aromatic rings. The number of benzene rings is 2. The summed E-state index contributed by atoms with van der Waals surface area (Å²) in [6.07, 6.45) is 0.907. The largest absolute Gasteiger partial charge is 0.368 e. The molecule has 4 heteroatoms. The summed E-state index contributed by atoms with van der Waals surface area (Å²) in [5, 5.41) is 0. The van der Waals surface area contributed by atoms with E-state index in [1.807, 2.05) is 56.0 Å². The highest BCUT2D eigenvalue weighted by molar-refractivity contribution is 5.94. The molecular formula is C21H24N2O2. The Bertz CT molecular complexity index is 788. The van der Waals surface area contributed by atoms with Crippen molar-refractivity contribution in [2.24, 2.45) is 0 Å². The number of nitrogens with zero attached hydrogens (tertiary/aromatic N) is 2. The SMILES string of the molecule is Cc1ccc(C(=O)N2CCN(c3cc(C)c(C=O)cc3C)CC2)cc1. The molecular weight excluding hydrogens is 312 g/mol. The van der Waals surface area contributed by atoms with E-state index in [0.29, 0.717) is 13.1 Å². The monoisotopic (exact) mass is 336 g/mol. The van der Waals surface area contributed by atoms with Crippen LogP contribution in [0.25, 0.3) is 0 Å². The fraction of sp³-hybridized carbons (Fsp3) is 0.333. The molecule has 0 aromatic heterocycles. The van der Waals surface area contributed by atoms with Gasteiger partial charge in [-0.3, -0.25) is 9.59 Å². The summed E-state index contributed by atoms with van der Waals surface area (Å²) in [4.78, 5) is 27.9. The third-order valence-corrected chi connectivity index (χ3v) is 4.92. The van der Waals surface area contributed by atoms with Crippen LogP contribution in [0.15, 0.2) is 36.4 Å². The van der Waals surface area contributed by atoms with Crippen molar-refractivity contribution in [1.29, 1.82) is 0 Å². The average molecular weight is 336 g/mol. The van der Waals surface area contributed by atoms with Gasteiger partial charge in [0, 0.05) is 43.0 Å². The minimum atomic E-state index is 0.101. The number of carbonyl (C=O) groups excluding carboxylic acids is 2. The highest BCUT2D eigenvalue weighted by atomic mass is 16.2. The normalized spacial score (nSPS) is 14.5. The number of piperazine rings is 1. The van der Waals surface area contributed by atoms with Crippen LogP contribution in [0.3, 0.4) is 0 Å². The van der Waals surface area contributed by atoms with Crippen LogP contribution in [0, 0.1) is 20.8 Å². The van der Waals surface area contributed by atoms with Gasteiger partial charge in [-0.1, -0.05) is 17.7 Å². The van der Waals surface area contributed by atoms with Gasteiger partial charge >= 0.3 is 0 Å². The number of rotatable bonds is 3. The van der Waals surface area contributed by atoms with E-state index in [1.165, 1.54) is 0 Å². The molecule has 0 saturated carbocycles. The molecule has 130 valence electrons. The molecule has 1 amide bonds. The number of anilines is 1. The Kier molecular flexibility index (Phi) is 4.88. The fourth-order valence-electron chi connectivity index (χ4n) is 3.32. The van der Waals surface area contributed by atoms with Crippen LogP contribution in [-0.2, 0) is 0 Å². The van der Waals surface area contributed by atoms with Gasteiger partial charge in [-0.15, -0.1) is 0 Å². The lowest BCUT2D eigenvalue weighted by atomic mass is 10.0. The van der Waals surface area contributed by atoms with Crippen molar-refractivity contribution in [2.45, 2.75) is 20.8 Å². The molecule has 1 aliphatic rings. The number of carbonyl (C=O) groups is 2. The van der Waals surface area contributed by atoms with E-state index in [9.17, 15) is 9.59 Å². The number of amides is 1. The Morgan fingerprint density at radius 2 is 1.56 bits per heavy atom. The van der Waals surface area contributed by atoms with Crippen molar-refractivity contribution in [2.75, 3.05) is 31.1 Å². The molecule has 0 radical (unpaired) electrons. The molecule has 3 rings (SSSR count). The number of aryl methyl sites for hydroxylation is 3. The zero-order valence-corrected chi connectivity index (χ0v) is 15.1. The molecule has 1 fully saturated rings. The van der Waals surface area contributed by atoms with E-state index in [0.717, 1.165) is 52.9 Å². The summed E-state index contributed by atoms with van der Waals surface area (Å²) in [7, 11) is 0. The maximum Gasteiger partial charge on any atom is 0.253 e. The number of hydrogen-bond acceptors (Lipinski definition) is 3. The molecule has 0 N–H and O–H groups in total. The standard InChI is InChI=1S/C21H24N2O2/c1-15-4-6-18(7-5-15)21(25)23-10-8-22(9-11-23)20-13-16(2)19(14-24)12-17(20)3/h4-7,12-14H,8-11H2,1-3H3. The highest BCUT2D eigenvalue weighted by Crippen LogP contribution is 2.25. The predicted octanol–water partition coefficient (Wildman–Crippen LogP) is 3.39. The van der Waals surface area contributed by atoms with E-state index in [1.54, 1.807) is 0 Å². The maximum absolute atomic E-state index is 12.6. The summed E-state index contributed by atoms with van der Waals surface area (Å²) < 4.78 is 0. The van der Waals surface area contributed by atoms with Gasteiger partial charge in [-0.2, -0.15) is 0 Å².